The quantitative estimate of drug-likeness (QED) is 0.670. The number of alkyl carbamates (subject to hydrolysis) is 1. The number of nitrogens with zero attached hydrogens (tertiary/aromatic N) is 1. The summed E-state index contributed by atoms with van der Waals surface area (Å²) in [5.41, 5.74) is 4.56. The summed E-state index contributed by atoms with van der Waals surface area (Å²) < 4.78 is 5.59. The third kappa shape index (κ3) is 4.45. The Bertz CT molecular complexity index is 1010. The van der Waals surface area contributed by atoms with E-state index >= 15 is 0 Å². The lowest BCUT2D eigenvalue weighted by atomic mass is 9.86. The summed E-state index contributed by atoms with van der Waals surface area (Å²) in [5, 5.41) is 11.9. The van der Waals surface area contributed by atoms with Crippen LogP contribution in [0.5, 0.6) is 0 Å². The number of nitrogens with one attached hydrogen (secondary N) is 1. The van der Waals surface area contributed by atoms with Gasteiger partial charge in [-0.2, -0.15) is 0 Å². The molecule has 1 fully saturated rings. The van der Waals surface area contributed by atoms with Crippen LogP contribution in [0.4, 0.5) is 4.79 Å². The predicted octanol–water partition coefficient (Wildman–Crippen LogP) is 3.73. The Morgan fingerprint density at radius 2 is 1.55 bits per heavy atom. The van der Waals surface area contributed by atoms with Gasteiger partial charge in [-0.15, -0.1) is 0 Å². The van der Waals surface area contributed by atoms with E-state index in [0.29, 0.717) is 13.1 Å². The van der Waals surface area contributed by atoms with Crippen molar-refractivity contribution in [2.75, 3.05) is 19.7 Å². The maximum Gasteiger partial charge on any atom is 0.407 e. The van der Waals surface area contributed by atoms with Crippen molar-refractivity contribution in [1.82, 2.24) is 10.2 Å². The molecule has 2 atom stereocenters. The van der Waals surface area contributed by atoms with Gasteiger partial charge in [-0.3, -0.25) is 9.59 Å². The average Bonchev–Trinajstić information content (AvgIpc) is 3.08. The highest BCUT2D eigenvalue weighted by Crippen LogP contribution is 2.44. The molecule has 0 saturated carbocycles. The molecule has 7 nitrogen and oxygen atoms in total. The molecule has 0 radical (unpaired) electrons. The van der Waals surface area contributed by atoms with E-state index in [1.54, 1.807) is 11.8 Å². The number of carboxylic acids is 1. The van der Waals surface area contributed by atoms with Gasteiger partial charge in [0, 0.05) is 24.9 Å². The summed E-state index contributed by atoms with van der Waals surface area (Å²) in [6.07, 6.45) is -0.625. The van der Waals surface area contributed by atoms with Crippen molar-refractivity contribution >= 4 is 18.0 Å². The molecule has 4 rings (SSSR count). The second-order valence-electron chi connectivity index (χ2n) is 9.32. The molecular formula is C26H30N2O5. The normalized spacial score (nSPS) is 17.0. The van der Waals surface area contributed by atoms with Crippen molar-refractivity contribution in [2.24, 2.45) is 17.8 Å². The van der Waals surface area contributed by atoms with E-state index in [-0.39, 0.29) is 30.3 Å². The molecule has 7 heteroatoms. The van der Waals surface area contributed by atoms with Gasteiger partial charge < -0.3 is 20.1 Å². The van der Waals surface area contributed by atoms with Crippen molar-refractivity contribution in [3.63, 3.8) is 0 Å². The second kappa shape index (κ2) is 9.25. The summed E-state index contributed by atoms with van der Waals surface area (Å²) in [6, 6.07) is 15.5. The molecule has 2 N–H and O–H groups in total. The zero-order valence-electron chi connectivity index (χ0n) is 19.2. The van der Waals surface area contributed by atoms with Gasteiger partial charge in [-0.25, -0.2) is 4.79 Å². The van der Waals surface area contributed by atoms with Crippen LogP contribution in [-0.4, -0.2) is 53.7 Å². The fraction of sp³-hybridized carbons (Fsp3) is 0.423. The predicted molar refractivity (Wildman–Crippen MR) is 124 cm³/mol. The van der Waals surface area contributed by atoms with Crippen LogP contribution < -0.4 is 5.32 Å². The summed E-state index contributed by atoms with van der Waals surface area (Å²) in [4.78, 5) is 38.4. The number of fused-ring (bicyclic) bond motifs is 3. The van der Waals surface area contributed by atoms with Crippen molar-refractivity contribution < 1.29 is 24.2 Å². The number of hydrogen-bond donors (Lipinski definition) is 2. The van der Waals surface area contributed by atoms with Crippen LogP contribution in [-0.2, 0) is 14.3 Å². The van der Waals surface area contributed by atoms with Gasteiger partial charge in [0.25, 0.3) is 0 Å². The highest BCUT2D eigenvalue weighted by atomic mass is 16.5. The molecule has 174 valence electrons. The number of ether oxygens (including phenoxy) is 1. The van der Waals surface area contributed by atoms with E-state index in [9.17, 15) is 14.4 Å². The number of carbonyl (C=O) groups is 3. The van der Waals surface area contributed by atoms with Crippen molar-refractivity contribution in [2.45, 2.75) is 32.7 Å². The molecule has 1 aliphatic heterocycles. The Hall–Kier alpha value is -3.35. The first-order valence-electron chi connectivity index (χ1n) is 11.4. The minimum absolute atomic E-state index is 0.0509. The maximum absolute atomic E-state index is 12.9. The molecule has 2 amide bonds. The van der Waals surface area contributed by atoms with Crippen LogP contribution >= 0.6 is 0 Å². The average molecular weight is 451 g/mol. The topological polar surface area (TPSA) is 95.9 Å². The molecule has 2 aliphatic rings. The monoisotopic (exact) mass is 450 g/mol. The molecule has 33 heavy (non-hydrogen) atoms. The lowest BCUT2D eigenvalue weighted by Gasteiger charge is -2.43. The summed E-state index contributed by atoms with van der Waals surface area (Å²) >= 11 is 0. The standard InChI is InChI=1S/C26H30N2O5/c1-15(2)23(24(29)28-12-17(13-28)16(3)25(30)31)27-26(32)33-14-22-20-10-6-4-8-18(20)19-9-5-7-11-21(19)22/h4-11,15-17,22-23H,12-14H2,1-3H3,(H,27,32)(H,30,31)/t16?,23-/m1/s1. The van der Waals surface area contributed by atoms with Crippen LogP contribution in [0.2, 0.25) is 0 Å². The minimum atomic E-state index is -0.857. The first-order chi connectivity index (χ1) is 15.8. The number of rotatable bonds is 7. The summed E-state index contributed by atoms with van der Waals surface area (Å²) in [6.45, 7) is 6.35. The fourth-order valence-corrected chi connectivity index (χ4v) is 4.69. The number of benzene rings is 2. The Morgan fingerprint density at radius 1 is 1.00 bits per heavy atom. The number of amides is 2. The zero-order valence-corrected chi connectivity index (χ0v) is 19.2. The van der Waals surface area contributed by atoms with Gasteiger partial charge in [0.05, 0.1) is 5.92 Å². The van der Waals surface area contributed by atoms with Gasteiger partial charge in [0.15, 0.2) is 0 Å². The molecule has 1 saturated heterocycles. The number of hydrogen-bond acceptors (Lipinski definition) is 4. The van der Waals surface area contributed by atoms with E-state index in [2.05, 4.69) is 29.6 Å². The van der Waals surface area contributed by atoms with E-state index in [1.165, 1.54) is 0 Å². The Balaban J connectivity index is 1.37. The van der Waals surface area contributed by atoms with E-state index in [4.69, 9.17) is 9.84 Å². The zero-order chi connectivity index (χ0) is 23.7. The third-order valence-corrected chi connectivity index (χ3v) is 6.87. The third-order valence-electron chi connectivity index (χ3n) is 6.87. The molecule has 2 aromatic rings. The summed E-state index contributed by atoms with van der Waals surface area (Å²) in [5.74, 6) is -1.80. The second-order valence-corrected chi connectivity index (χ2v) is 9.32. The molecular weight excluding hydrogens is 420 g/mol. The van der Waals surface area contributed by atoms with E-state index in [1.807, 2.05) is 38.1 Å². The maximum atomic E-state index is 12.9. The summed E-state index contributed by atoms with van der Waals surface area (Å²) in [7, 11) is 0. The Morgan fingerprint density at radius 3 is 2.06 bits per heavy atom. The number of carbonyl (C=O) groups excluding carboxylic acids is 2. The number of carboxylic acid groups (broad SMARTS) is 1. The molecule has 0 bridgehead atoms. The fourth-order valence-electron chi connectivity index (χ4n) is 4.69. The molecule has 1 heterocycles. The van der Waals surface area contributed by atoms with Gasteiger partial charge in [-0.05, 0) is 28.2 Å². The molecule has 1 unspecified atom stereocenters. The van der Waals surface area contributed by atoms with Gasteiger partial charge in [0.1, 0.15) is 12.6 Å². The lowest BCUT2D eigenvalue weighted by Crippen LogP contribution is -2.60. The van der Waals surface area contributed by atoms with Crippen LogP contribution in [0, 0.1) is 17.8 Å². The van der Waals surface area contributed by atoms with Crippen LogP contribution in [0.25, 0.3) is 11.1 Å². The smallest absolute Gasteiger partial charge is 0.407 e. The van der Waals surface area contributed by atoms with E-state index < -0.39 is 24.0 Å². The Kier molecular flexibility index (Phi) is 6.40. The molecule has 0 aromatic heterocycles. The highest BCUT2D eigenvalue weighted by Gasteiger charge is 2.40. The molecule has 1 aliphatic carbocycles. The first kappa shape index (κ1) is 22.8. The van der Waals surface area contributed by atoms with Crippen LogP contribution in [0.15, 0.2) is 48.5 Å². The van der Waals surface area contributed by atoms with Crippen molar-refractivity contribution in [3.8, 4) is 11.1 Å². The first-order valence-corrected chi connectivity index (χ1v) is 11.4. The lowest BCUT2D eigenvalue weighted by molar-refractivity contribution is -0.151. The molecule has 2 aromatic carbocycles. The van der Waals surface area contributed by atoms with Crippen molar-refractivity contribution in [1.29, 1.82) is 0 Å². The number of likely N-dealkylation sites (tertiary alicyclic amines) is 1. The highest BCUT2D eigenvalue weighted by molar-refractivity contribution is 5.87. The molecule has 0 spiro atoms. The number of aliphatic carboxylic acids is 1. The van der Waals surface area contributed by atoms with Gasteiger partial charge >= 0.3 is 12.1 Å². The van der Waals surface area contributed by atoms with Crippen molar-refractivity contribution in [3.05, 3.63) is 59.7 Å². The van der Waals surface area contributed by atoms with Crippen LogP contribution in [0.3, 0.4) is 0 Å². The van der Waals surface area contributed by atoms with Gasteiger partial charge in [0.2, 0.25) is 5.91 Å². The largest absolute Gasteiger partial charge is 0.481 e. The van der Waals surface area contributed by atoms with Crippen LogP contribution in [0.1, 0.15) is 37.8 Å². The van der Waals surface area contributed by atoms with Gasteiger partial charge in [-0.1, -0.05) is 69.3 Å². The Labute approximate surface area is 193 Å². The minimum Gasteiger partial charge on any atom is -0.481 e. The SMILES string of the molecule is CC(C(=O)O)C1CN(C(=O)[C@H](NC(=O)OCC2c3ccccc3-c3ccccc32)C(C)C)C1. The van der Waals surface area contributed by atoms with E-state index in [0.717, 1.165) is 22.3 Å².